The van der Waals surface area contributed by atoms with Gasteiger partial charge in [-0.1, -0.05) is 6.07 Å². The third-order valence-corrected chi connectivity index (χ3v) is 2.72. The first-order valence-electron chi connectivity index (χ1n) is 6.01. The molecule has 7 heteroatoms. The van der Waals surface area contributed by atoms with Gasteiger partial charge in [0.25, 0.3) is 0 Å². The van der Waals surface area contributed by atoms with E-state index < -0.39 is 30.3 Å². The van der Waals surface area contributed by atoms with Gasteiger partial charge in [-0.15, -0.1) is 0 Å². The van der Waals surface area contributed by atoms with Crippen molar-refractivity contribution < 1.29 is 26.7 Å². The topological polar surface area (TPSA) is 20.3 Å². The smallest absolute Gasteiger partial charge is 0.334 e. The standard InChI is InChI=1S/C13H14F5NO/c1-2-19(8-13(16,17)18)12(20)6-4-9-3-5-10(14)11(15)7-9/h3,5,7H,2,4,6,8H2,1H3. The van der Waals surface area contributed by atoms with Gasteiger partial charge in [0.15, 0.2) is 11.6 Å². The lowest BCUT2D eigenvalue weighted by atomic mass is 10.1. The normalized spacial score (nSPS) is 11.5. The summed E-state index contributed by atoms with van der Waals surface area (Å²) in [6.45, 7) is 0.0808. The molecule has 0 radical (unpaired) electrons. The van der Waals surface area contributed by atoms with Crippen molar-refractivity contribution in [1.82, 2.24) is 4.90 Å². The van der Waals surface area contributed by atoms with E-state index in [1.54, 1.807) is 0 Å². The van der Waals surface area contributed by atoms with Crippen LogP contribution < -0.4 is 0 Å². The second kappa shape index (κ2) is 6.67. The molecular weight excluding hydrogens is 281 g/mol. The molecular formula is C13H14F5NO. The molecule has 0 heterocycles. The molecule has 0 aliphatic rings. The maximum absolute atomic E-state index is 12.9. The SMILES string of the molecule is CCN(CC(F)(F)F)C(=O)CCc1ccc(F)c(F)c1. The van der Waals surface area contributed by atoms with Crippen LogP contribution in [0.3, 0.4) is 0 Å². The number of hydrogen-bond acceptors (Lipinski definition) is 1. The second-order valence-corrected chi connectivity index (χ2v) is 4.27. The zero-order valence-electron chi connectivity index (χ0n) is 10.8. The minimum Gasteiger partial charge on any atom is -0.334 e. The number of aryl methyl sites for hydroxylation is 1. The van der Waals surface area contributed by atoms with Crippen LogP contribution in [0.5, 0.6) is 0 Å². The van der Waals surface area contributed by atoms with E-state index in [1.165, 1.54) is 13.0 Å². The van der Waals surface area contributed by atoms with Crippen LogP contribution in [0.25, 0.3) is 0 Å². The van der Waals surface area contributed by atoms with Crippen LogP contribution in [-0.4, -0.2) is 30.1 Å². The van der Waals surface area contributed by atoms with Crippen LogP contribution in [0.15, 0.2) is 18.2 Å². The predicted molar refractivity (Wildman–Crippen MR) is 63.0 cm³/mol. The maximum atomic E-state index is 12.9. The maximum Gasteiger partial charge on any atom is 0.406 e. The molecule has 112 valence electrons. The fourth-order valence-electron chi connectivity index (χ4n) is 1.70. The van der Waals surface area contributed by atoms with Gasteiger partial charge in [-0.25, -0.2) is 8.78 Å². The minimum atomic E-state index is -4.45. The number of carbonyl (C=O) groups is 1. The highest BCUT2D eigenvalue weighted by molar-refractivity contribution is 5.76. The summed E-state index contributed by atoms with van der Waals surface area (Å²) in [7, 11) is 0. The lowest BCUT2D eigenvalue weighted by Gasteiger charge is -2.22. The van der Waals surface area contributed by atoms with Gasteiger partial charge in [0.2, 0.25) is 5.91 Å². The number of nitrogens with zero attached hydrogens (tertiary/aromatic N) is 1. The molecule has 0 aromatic heterocycles. The lowest BCUT2D eigenvalue weighted by Crippen LogP contribution is -2.38. The Balaban J connectivity index is 2.59. The highest BCUT2D eigenvalue weighted by Crippen LogP contribution is 2.17. The van der Waals surface area contributed by atoms with Crippen LogP contribution in [0.2, 0.25) is 0 Å². The molecule has 0 aliphatic heterocycles. The fourth-order valence-corrected chi connectivity index (χ4v) is 1.70. The first-order chi connectivity index (χ1) is 9.23. The molecule has 0 bridgehead atoms. The molecule has 2 nitrogen and oxygen atoms in total. The van der Waals surface area contributed by atoms with Crippen molar-refractivity contribution in [2.75, 3.05) is 13.1 Å². The van der Waals surface area contributed by atoms with Gasteiger partial charge in [-0.05, 0) is 31.0 Å². The third-order valence-electron chi connectivity index (χ3n) is 2.72. The Morgan fingerprint density at radius 2 is 1.85 bits per heavy atom. The largest absolute Gasteiger partial charge is 0.406 e. The van der Waals surface area contributed by atoms with Gasteiger partial charge in [0, 0.05) is 13.0 Å². The van der Waals surface area contributed by atoms with Crippen molar-refractivity contribution in [3.63, 3.8) is 0 Å². The summed E-state index contributed by atoms with van der Waals surface area (Å²) in [6, 6.07) is 3.15. The Morgan fingerprint density at radius 1 is 1.20 bits per heavy atom. The molecule has 0 saturated heterocycles. The van der Waals surface area contributed by atoms with Crippen molar-refractivity contribution in [2.45, 2.75) is 25.9 Å². The van der Waals surface area contributed by atoms with E-state index >= 15 is 0 Å². The summed E-state index contributed by atoms with van der Waals surface area (Å²) in [5.41, 5.74) is 0.361. The van der Waals surface area contributed by atoms with Gasteiger partial charge in [-0.2, -0.15) is 13.2 Å². The van der Waals surface area contributed by atoms with Gasteiger partial charge < -0.3 is 4.90 Å². The summed E-state index contributed by atoms with van der Waals surface area (Å²) in [4.78, 5) is 12.3. The molecule has 1 rings (SSSR count). The van der Waals surface area contributed by atoms with Crippen molar-refractivity contribution in [3.8, 4) is 0 Å². The van der Waals surface area contributed by atoms with E-state index in [1.807, 2.05) is 0 Å². The summed E-state index contributed by atoms with van der Waals surface area (Å²) < 4.78 is 62.3. The van der Waals surface area contributed by atoms with E-state index in [-0.39, 0.29) is 19.4 Å². The summed E-state index contributed by atoms with van der Waals surface area (Å²) in [5.74, 6) is -2.72. The number of rotatable bonds is 5. The Kier molecular flexibility index (Phi) is 5.47. The van der Waals surface area contributed by atoms with Crippen LogP contribution in [0.1, 0.15) is 18.9 Å². The molecule has 1 aromatic carbocycles. The zero-order valence-corrected chi connectivity index (χ0v) is 10.8. The van der Waals surface area contributed by atoms with E-state index in [4.69, 9.17) is 0 Å². The van der Waals surface area contributed by atoms with Crippen LogP contribution in [0.4, 0.5) is 22.0 Å². The van der Waals surface area contributed by atoms with E-state index in [2.05, 4.69) is 0 Å². The molecule has 0 atom stereocenters. The fraction of sp³-hybridized carbons (Fsp3) is 0.462. The average molecular weight is 295 g/mol. The Morgan fingerprint density at radius 3 is 2.35 bits per heavy atom. The van der Waals surface area contributed by atoms with Gasteiger partial charge in [0.05, 0.1) is 0 Å². The Hall–Kier alpha value is -1.66. The number of hydrogen-bond donors (Lipinski definition) is 0. The summed E-state index contributed by atoms with van der Waals surface area (Å²) in [6.07, 6.45) is -4.58. The third kappa shape index (κ3) is 5.14. The van der Waals surface area contributed by atoms with Crippen molar-refractivity contribution in [2.24, 2.45) is 0 Å². The minimum absolute atomic E-state index is 0.0594. The second-order valence-electron chi connectivity index (χ2n) is 4.27. The Labute approximate surface area is 113 Å². The van der Waals surface area contributed by atoms with Crippen LogP contribution in [0, 0.1) is 11.6 Å². The molecule has 1 amide bonds. The summed E-state index contributed by atoms with van der Waals surface area (Å²) >= 11 is 0. The highest BCUT2D eigenvalue weighted by Gasteiger charge is 2.32. The zero-order chi connectivity index (χ0) is 15.3. The quantitative estimate of drug-likeness (QED) is 0.763. The van der Waals surface area contributed by atoms with Crippen LogP contribution >= 0.6 is 0 Å². The van der Waals surface area contributed by atoms with Gasteiger partial charge in [-0.3, -0.25) is 4.79 Å². The van der Waals surface area contributed by atoms with Crippen molar-refractivity contribution in [3.05, 3.63) is 35.4 Å². The number of carbonyl (C=O) groups excluding carboxylic acids is 1. The molecule has 0 aliphatic carbocycles. The van der Waals surface area contributed by atoms with E-state index in [9.17, 15) is 26.7 Å². The van der Waals surface area contributed by atoms with Gasteiger partial charge >= 0.3 is 6.18 Å². The van der Waals surface area contributed by atoms with E-state index in [0.29, 0.717) is 10.5 Å². The van der Waals surface area contributed by atoms with Gasteiger partial charge in [0.1, 0.15) is 6.54 Å². The number of amides is 1. The predicted octanol–water partition coefficient (Wildman–Crippen LogP) is 3.31. The summed E-state index contributed by atoms with van der Waals surface area (Å²) in [5, 5.41) is 0. The first-order valence-corrected chi connectivity index (χ1v) is 6.01. The monoisotopic (exact) mass is 295 g/mol. The first kappa shape index (κ1) is 16.4. The Bertz CT molecular complexity index is 472. The average Bonchev–Trinajstić information content (AvgIpc) is 2.36. The molecule has 0 unspecified atom stereocenters. The highest BCUT2D eigenvalue weighted by atomic mass is 19.4. The molecule has 1 aromatic rings. The van der Waals surface area contributed by atoms with E-state index in [0.717, 1.165) is 12.1 Å². The number of halogens is 5. The lowest BCUT2D eigenvalue weighted by molar-refractivity contribution is -0.160. The molecule has 0 spiro atoms. The molecule has 0 fully saturated rings. The molecule has 20 heavy (non-hydrogen) atoms. The number of alkyl halides is 3. The molecule has 0 N–H and O–H groups in total. The van der Waals surface area contributed by atoms with Crippen molar-refractivity contribution in [1.29, 1.82) is 0 Å². The molecule has 0 saturated carbocycles. The van der Waals surface area contributed by atoms with Crippen LogP contribution in [-0.2, 0) is 11.2 Å². The number of benzene rings is 1. The van der Waals surface area contributed by atoms with Crippen molar-refractivity contribution >= 4 is 5.91 Å².